The fraction of sp³-hybridized carbons (Fsp3) is 0.320. The molecule has 3 aromatic rings. The van der Waals surface area contributed by atoms with Crippen molar-refractivity contribution >= 4 is 49.4 Å². The number of aliphatic imine (C=N–C) groups is 1. The van der Waals surface area contributed by atoms with E-state index in [0.717, 1.165) is 33.8 Å². The normalized spacial score (nSPS) is 19.4. The zero-order chi connectivity index (χ0) is 22.9. The number of benzene rings is 2. The molecule has 0 saturated heterocycles. The Morgan fingerprint density at radius 3 is 2.58 bits per heavy atom. The third-order valence-corrected chi connectivity index (χ3v) is 8.38. The van der Waals surface area contributed by atoms with Crippen LogP contribution in [0.25, 0.3) is 0 Å². The summed E-state index contributed by atoms with van der Waals surface area (Å²) in [5.74, 6) is 1.24. The summed E-state index contributed by atoms with van der Waals surface area (Å²) in [7, 11) is 1.63. The van der Waals surface area contributed by atoms with Gasteiger partial charge >= 0.3 is 0 Å². The molecule has 172 valence electrons. The Balaban J connectivity index is 1.43. The molecular weight excluding hydrogens is 568 g/mol. The Bertz CT molecular complexity index is 1170. The largest absolute Gasteiger partial charge is 0.493 e. The summed E-state index contributed by atoms with van der Waals surface area (Å²) in [4.78, 5) is 8.21. The second-order valence-corrected chi connectivity index (χ2v) is 10.3. The van der Waals surface area contributed by atoms with Crippen LogP contribution in [-0.2, 0) is 30.2 Å². The molecule has 0 bridgehead atoms. The van der Waals surface area contributed by atoms with Crippen LogP contribution < -0.4 is 9.47 Å². The van der Waals surface area contributed by atoms with E-state index in [0.29, 0.717) is 24.7 Å². The molecule has 8 heteroatoms. The number of nitrogens with zero attached hydrogens (tertiary/aromatic N) is 2. The fourth-order valence-corrected chi connectivity index (χ4v) is 6.02. The van der Waals surface area contributed by atoms with E-state index in [2.05, 4.69) is 61.5 Å². The van der Waals surface area contributed by atoms with Crippen molar-refractivity contribution in [3.05, 3.63) is 80.0 Å². The van der Waals surface area contributed by atoms with Gasteiger partial charge in [-0.1, -0.05) is 50.1 Å². The lowest BCUT2D eigenvalue weighted by atomic mass is 10.0. The number of aliphatic hydroxyl groups is 1. The zero-order valence-electron chi connectivity index (χ0n) is 18.1. The monoisotopic (exact) mass is 590 g/mol. The molecule has 2 aromatic carbocycles. The van der Waals surface area contributed by atoms with Gasteiger partial charge in [-0.3, -0.25) is 4.99 Å². The van der Waals surface area contributed by atoms with E-state index in [4.69, 9.17) is 14.5 Å². The maximum absolute atomic E-state index is 11.3. The minimum absolute atomic E-state index is 0.0800. The molecule has 0 aliphatic carbocycles. The molecule has 2 atom stereocenters. The number of thiophene rings is 1. The summed E-state index contributed by atoms with van der Waals surface area (Å²) in [6.07, 6.45) is 1.83. The number of aliphatic hydroxyl groups excluding tert-OH is 1. The highest BCUT2D eigenvalue weighted by molar-refractivity contribution is 9.08. The van der Waals surface area contributed by atoms with Crippen molar-refractivity contribution in [1.82, 2.24) is 4.90 Å². The maximum atomic E-state index is 11.3. The first kappa shape index (κ1) is 23.1. The van der Waals surface area contributed by atoms with Crippen LogP contribution in [0.15, 0.2) is 46.8 Å². The third kappa shape index (κ3) is 4.64. The first-order chi connectivity index (χ1) is 16.1. The van der Waals surface area contributed by atoms with Crippen LogP contribution in [0.4, 0.5) is 0 Å². The first-order valence-electron chi connectivity index (χ1n) is 10.7. The number of ether oxygens (including phenoxy) is 2. The van der Waals surface area contributed by atoms with E-state index in [9.17, 15) is 5.11 Å². The molecule has 5 nitrogen and oxygen atoms in total. The lowest BCUT2D eigenvalue weighted by Crippen LogP contribution is -2.40. The molecule has 2 aliphatic heterocycles. The molecule has 3 heterocycles. The predicted molar refractivity (Wildman–Crippen MR) is 139 cm³/mol. The average Bonchev–Trinajstić information content (AvgIpc) is 3.27. The predicted octanol–water partition coefficient (Wildman–Crippen LogP) is 5.93. The van der Waals surface area contributed by atoms with Gasteiger partial charge in [-0.25, -0.2) is 4.90 Å². The molecule has 0 fully saturated rings. The fourth-order valence-electron chi connectivity index (χ4n) is 4.44. The Kier molecular flexibility index (Phi) is 6.90. The van der Waals surface area contributed by atoms with Gasteiger partial charge in [-0.05, 0) is 45.8 Å². The number of hydrogen-bond acceptors (Lipinski definition) is 6. The van der Waals surface area contributed by atoms with Gasteiger partial charge in [0.05, 0.1) is 7.11 Å². The van der Waals surface area contributed by atoms with Crippen LogP contribution in [0, 0.1) is 0 Å². The van der Waals surface area contributed by atoms with Crippen LogP contribution in [0.1, 0.15) is 44.5 Å². The van der Waals surface area contributed by atoms with E-state index in [1.807, 2.05) is 23.2 Å². The molecule has 2 unspecified atom stereocenters. The van der Waals surface area contributed by atoms with E-state index in [-0.39, 0.29) is 6.17 Å². The van der Waals surface area contributed by atoms with Gasteiger partial charge in [-0.15, -0.1) is 11.3 Å². The van der Waals surface area contributed by atoms with Crippen molar-refractivity contribution in [3.63, 3.8) is 0 Å². The second kappa shape index (κ2) is 9.88. The van der Waals surface area contributed by atoms with E-state index in [1.54, 1.807) is 18.4 Å². The van der Waals surface area contributed by atoms with Gasteiger partial charge in [0.1, 0.15) is 19.0 Å². The van der Waals surface area contributed by atoms with Crippen LogP contribution in [0.3, 0.4) is 0 Å². The highest BCUT2D eigenvalue weighted by Crippen LogP contribution is 2.39. The van der Waals surface area contributed by atoms with E-state index in [1.165, 1.54) is 21.6 Å². The Morgan fingerprint density at radius 2 is 1.85 bits per heavy atom. The maximum Gasteiger partial charge on any atom is 0.162 e. The van der Waals surface area contributed by atoms with E-state index < -0.39 is 6.23 Å². The average molecular weight is 592 g/mol. The minimum atomic E-state index is -0.763. The van der Waals surface area contributed by atoms with Crippen LogP contribution in [0.2, 0.25) is 0 Å². The van der Waals surface area contributed by atoms with Crippen molar-refractivity contribution in [2.24, 2.45) is 4.99 Å². The van der Waals surface area contributed by atoms with Gasteiger partial charge in [0.25, 0.3) is 0 Å². The molecule has 0 spiro atoms. The Labute approximate surface area is 214 Å². The smallest absolute Gasteiger partial charge is 0.162 e. The number of rotatable bonds is 6. The van der Waals surface area contributed by atoms with Gasteiger partial charge in [-0.2, -0.15) is 0 Å². The Morgan fingerprint density at radius 1 is 1.09 bits per heavy atom. The summed E-state index contributed by atoms with van der Waals surface area (Å²) < 4.78 is 11.8. The number of hydrogen-bond donors (Lipinski definition) is 1. The van der Waals surface area contributed by atoms with Crippen molar-refractivity contribution in [3.8, 4) is 11.5 Å². The Hall–Kier alpha value is -1.71. The van der Waals surface area contributed by atoms with Crippen LogP contribution >= 0.6 is 43.2 Å². The number of halogens is 2. The van der Waals surface area contributed by atoms with E-state index >= 15 is 0 Å². The zero-order valence-corrected chi connectivity index (χ0v) is 22.1. The summed E-state index contributed by atoms with van der Waals surface area (Å²) in [6, 6.07) is 12.4. The van der Waals surface area contributed by atoms with Crippen LogP contribution in [0.5, 0.6) is 11.5 Å². The minimum Gasteiger partial charge on any atom is -0.493 e. The highest BCUT2D eigenvalue weighted by atomic mass is 79.9. The van der Waals surface area contributed by atoms with Gasteiger partial charge in [0.15, 0.2) is 11.5 Å². The molecule has 0 saturated carbocycles. The van der Waals surface area contributed by atoms with Gasteiger partial charge in [0, 0.05) is 45.8 Å². The SMILES string of the molecule is COc1cc2c(cc1OCc1cc(CBr)cc(CBr)c1)C=NC1Cc3sccc3CN1C2O. The molecule has 1 N–H and O–H groups in total. The first-order valence-corrected chi connectivity index (χ1v) is 13.8. The molecular formula is C25H24Br2N2O3S. The van der Waals surface area contributed by atoms with Crippen molar-refractivity contribution < 1.29 is 14.6 Å². The lowest BCUT2D eigenvalue weighted by molar-refractivity contribution is -0.0352. The quantitative estimate of drug-likeness (QED) is 0.361. The molecule has 0 radical (unpaired) electrons. The van der Waals surface area contributed by atoms with Gasteiger partial charge < -0.3 is 14.6 Å². The molecule has 1 aromatic heterocycles. The molecule has 5 rings (SSSR count). The highest BCUT2D eigenvalue weighted by Gasteiger charge is 2.34. The molecule has 2 aliphatic rings. The summed E-state index contributed by atoms with van der Waals surface area (Å²) in [5.41, 5.74) is 6.42. The lowest BCUT2D eigenvalue weighted by Gasteiger charge is -2.35. The number of fused-ring (bicyclic) bond motifs is 3. The number of methoxy groups -OCH3 is 1. The van der Waals surface area contributed by atoms with Gasteiger partial charge in [0.2, 0.25) is 0 Å². The summed E-state index contributed by atoms with van der Waals surface area (Å²) in [6.45, 7) is 1.10. The molecule has 0 amide bonds. The van der Waals surface area contributed by atoms with Crippen molar-refractivity contribution in [2.45, 2.75) is 42.6 Å². The third-order valence-electron chi connectivity index (χ3n) is 6.10. The van der Waals surface area contributed by atoms with Crippen molar-refractivity contribution in [1.29, 1.82) is 0 Å². The number of alkyl halides is 2. The summed E-state index contributed by atoms with van der Waals surface area (Å²) in [5, 5.41) is 15.0. The second-order valence-electron chi connectivity index (χ2n) is 8.22. The standard InChI is InChI=1S/C25H24Br2N2O3S/c1-31-21-8-20-19(7-22(21)32-14-17-5-15(10-26)4-16(6-17)11-27)12-28-24-9-23-18(2-3-33-23)13-29(24)25(20)30/h2-8,12,24-25,30H,9-11,13-14H2,1H3. The van der Waals surface area contributed by atoms with Crippen molar-refractivity contribution in [2.75, 3.05) is 7.11 Å². The topological polar surface area (TPSA) is 54.3 Å². The molecule has 33 heavy (non-hydrogen) atoms. The summed E-state index contributed by atoms with van der Waals surface area (Å²) >= 11 is 8.85. The van der Waals surface area contributed by atoms with Crippen LogP contribution in [-0.4, -0.2) is 29.5 Å².